The van der Waals surface area contributed by atoms with E-state index in [4.69, 9.17) is 10.9 Å². The molecule has 0 saturated heterocycles. The van der Waals surface area contributed by atoms with Crippen LogP contribution >= 0.6 is 0 Å². The Kier molecular flexibility index (Phi) is 5.27. The lowest BCUT2D eigenvalue weighted by Gasteiger charge is -2.03. The molecule has 1 heterocycles. The van der Waals surface area contributed by atoms with Crippen molar-refractivity contribution < 1.29 is 5.21 Å². The molecule has 0 unspecified atom stereocenters. The molecule has 0 saturated carbocycles. The minimum Gasteiger partial charge on any atom is -0.409 e. The van der Waals surface area contributed by atoms with E-state index >= 15 is 0 Å². The van der Waals surface area contributed by atoms with Gasteiger partial charge in [-0.15, -0.1) is 10.2 Å². The number of hydrogen-bond acceptors (Lipinski definition) is 5. The monoisotopic (exact) mass is 226 g/mol. The van der Waals surface area contributed by atoms with Gasteiger partial charge in [0.05, 0.1) is 0 Å². The van der Waals surface area contributed by atoms with Crippen molar-refractivity contribution in [3.63, 3.8) is 0 Å². The van der Waals surface area contributed by atoms with E-state index in [0.717, 1.165) is 31.8 Å². The number of nitrogens with zero attached hydrogens (tertiary/aromatic N) is 4. The molecule has 0 spiro atoms. The minimum atomic E-state index is 0.273. The van der Waals surface area contributed by atoms with Gasteiger partial charge in [0.25, 0.3) is 0 Å². The molecule has 0 aliphatic carbocycles. The second-order valence-electron chi connectivity index (χ2n) is 3.55. The molecule has 4 N–H and O–H groups in total. The summed E-state index contributed by atoms with van der Waals surface area (Å²) in [5, 5.41) is 22.3. The van der Waals surface area contributed by atoms with Gasteiger partial charge in [0.2, 0.25) is 0 Å². The van der Waals surface area contributed by atoms with Crippen molar-refractivity contribution in [1.82, 2.24) is 20.1 Å². The van der Waals surface area contributed by atoms with Crippen molar-refractivity contribution in [3.05, 3.63) is 12.2 Å². The molecule has 7 heteroatoms. The topological polar surface area (TPSA) is 101 Å². The van der Waals surface area contributed by atoms with Crippen molar-refractivity contribution in [3.8, 4) is 0 Å². The molecular formula is C9H18N6O. The zero-order chi connectivity index (χ0) is 11.8. The Morgan fingerprint density at radius 1 is 1.62 bits per heavy atom. The van der Waals surface area contributed by atoms with Gasteiger partial charge < -0.3 is 20.8 Å². The molecule has 0 radical (unpaired) electrons. The Morgan fingerprint density at radius 3 is 3.06 bits per heavy atom. The van der Waals surface area contributed by atoms with Gasteiger partial charge in [-0.05, 0) is 13.0 Å². The maximum atomic E-state index is 8.32. The van der Waals surface area contributed by atoms with Crippen molar-refractivity contribution in [1.29, 1.82) is 0 Å². The van der Waals surface area contributed by atoms with Gasteiger partial charge in [-0.25, -0.2) is 0 Å². The highest BCUT2D eigenvalue weighted by Gasteiger charge is 1.99. The molecule has 0 aromatic carbocycles. The zero-order valence-corrected chi connectivity index (χ0v) is 9.43. The van der Waals surface area contributed by atoms with E-state index in [2.05, 4.69) is 20.7 Å². The summed E-state index contributed by atoms with van der Waals surface area (Å²) >= 11 is 0. The SMILES string of the molecule is Cn1cnnc1CCNCCCC(N)=NO. The van der Waals surface area contributed by atoms with E-state index in [1.807, 2.05) is 11.6 Å². The first-order chi connectivity index (χ1) is 7.74. The summed E-state index contributed by atoms with van der Waals surface area (Å²) in [6, 6.07) is 0. The van der Waals surface area contributed by atoms with E-state index in [1.54, 1.807) is 6.33 Å². The van der Waals surface area contributed by atoms with Crippen LogP contribution in [0.3, 0.4) is 0 Å². The van der Waals surface area contributed by atoms with Crippen LogP contribution in [0.25, 0.3) is 0 Å². The summed E-state index contributed by atoms with van der Waals surface area (Å²) in [7, 11) is 1.92. The molecular weight excluding hydrogens is 208 g/mol. The summed E-state index contributed by atoms with van der Waals surface area (Å²) in [6.07, 6.45) is 4.00. The molecule has 0 atom stereocenters. The smallest absolute Gasteiger partial charge is 0.139 e. The van der Waals surface area contributed by atoms with Crippen molar-refractivity contribution in [2.75, 3.05) is 13.1 Å². The van der Waals surface area contributed by atoms with Crippen LogP contribution in [-0.2, 0) is 13.5 Å². The Hall–Kier alpha value is -1.63. The third-order valence-corrected chi connectivity index (χ3v) is 2.25. The predicted octanol–water partition coefficient (Wildman–Crippen LogP) is -0.526. The average Bonchev–Trinajstić information content (AvgIpc) is 2.69. The quantitative estimate of drug-likeness (QED) is 0.191. The van der Waals surface area contributed by atoms with Gasteiger partial charge in [-0.1, -0.05) is 5.16 Å². The lowest BCUT2D eigenvalue weighted by Crippen LogP contribution is -2.21. The van der Waals surface area contributed by atoms with E-state index < -0.39 is 0 Å². The van der Waals surface area contributed by atoms with Gasteiger partial charge in [0, 0.05) is 26.4 Å². The fourth-order valence-corrected chi connectivity index (χ4v) is 1.30. The average molecular weight is 226 g/mol. The molecule has 0 aliphatic rings. The Bertz CT molecular complexity index is 334. The summed E-state index contributed by atoms with van der Waals surface area (Å²) in [5.74, 6) is 1.24. The molecule has 7 nitrogen and oxygen atoms in total. The van der Waals surface area contributed by atoms with Crippen LogP contribution < -0.4 is 11.1 Å². The number of rotatable bonds is 7. The van der Waals surface area contributed by atoms with Crippen LogP contribution in [0.15, 0.2) is 11.5 Å². The van der Waals surface area contributed by atoms with Gasteiger partial charge >= 0.3 is 0 Å². The maximum absolute atomic E-state index is 8.32. The third-order valence-electron chi connectivity index (χ3n) is 2.25. The van der Waals surface area contributed by atoms with Crippen LogP contribution in [0, 0.1) is 0 Å². The second-order valence-corrected chi connectivity index (χ2v) is 3.55. The Morgan fingerprint density at radius 2 is 2.44 bits per heavy atom. The van der Waals surface area contributed by atoms with Crippen molar-refractivity contribution in [2.45, 2.75) is 19.3 Å². The first-order valence-electron chi connectivity index (χ1n) is 5.24. The van der Waals surface area contributed by atoms with Crippen molar-refractivity contribution >= 4 is 5.84 Å². The molecule has 1 aromatic rings. The van der Waals surface area contributed by atoms with Gasteiger partial charge in [0.1, 0.15) is 18.0 Å². The second kappa shape index (κ2) is 6.78. The predicted molar refractivity (Wildman–Crippen MR) is 60.2 cm³/mol. The number of nitrogens with one attached hydrogen (secondary N) is 1. The summed E-state index contributed by atoms with van der Waals surface area (Å²) < 4.78 is 1.90. The lowest BCUT2D eigenvalue weighted by atomic mass is 10.3. The van der Waals surface area contributed by atoms with Crippen molar-refractivity contribution in [2.24, 2.45) is 17.9 Å². The number of aromatic nitrogens is 3. The molecule has 0 aliphatic heterocycles. The first-order valence-corrected chi connectivity index (χ1v) is 5.24. The van der Waals surface area contributed by atoms with E-state index in [-0.39, 0.29) is 5.84 Å². The van der Waals surface area contributed by atoms with Gasteiger partial charge in [-0.3, -0.25) is 0 Å². The molecule has 1 aromatic heterocycles. The minimum absolute atomic E-state index is 0.273. The number of oxime groups is 1. The Labute approximate surface area is 94.3 Å². The number of hydrogen-bond donors (Lipinski definition) is 3. The molecule has 90 valence electrons. The lowest BCUT2D eigenvalue weighted by molar-refractivity contribution is 0.316. The zero-order valence-electron chi connectivity index (χ0n) is 9.43. The van der Waals surface area contributed by atoms with Crippen LogP contribution in [0.2, 0.25) is 0 Å². The van der Waals surface area contributed by atoms with Crippen LogP contribution in [0.4, 0.5) is 0 Å². The van der Waals surface area contributed by atoms with Crippen LogP contribution in [0.1, 0.15) is 18.7 Å². The summed E-state index contributed by atoms with van der Waals surface area (Å²) in [6.45, 7) is 1.69. The third kappa shape index (κ3) is 4.26. The van der Waals surface area contributed by atoms with E-state index in [9.17, 15) is 0 Å². The summed E-state index contributed by atoms with van der Waals surface area (Å²) in [5.41, 5.74) is 5.34. The fraction of sp³-hybridized carbons (Fsp3) is 0.667. The standard InChI is InChI=1S/C9H18N6O/c1-15-7-12-13-9(15)4-6-11-5-2-3-8(10)14-16/h7,11,16H,2-6H2,1H3,(H2,10,14). The molecule has 1 rings (SSSR count). The highest BCUT2D eigenvalue weighted by molar-refractivity contribution is 5.79. The van der Waals surface area contributed by atoms with Gasteiger partial charge in [0.15, 0.2) is 0 Å². The number of amidine groups is 1. The fourth-order valence-electron chi connectivity index (χ4n) is 1.30. The van der Waals surface area contributed by atoms with Crippen LogP contribution in [0.5, 0.6) is 0 Å². The van der Waals surface area contributed by atoms with Gasteiger partial charge in [-0.2, -0.15) is 0 Å². The largest absolute Gasteiger partial charge is 0.409 e. The van der Waals surface area contributed by atoms with E-state index in [1.165, 1.54) is 0 Å². The molecule has 16 heavy (non-hydrogen) atoms. The molecule has 0 amide bonds. The van der Waals surface area contributed by atoms with Crippen LogP contribution in [-0.4, -0.2) is 38.9 Å². The molecule has 0 fully saturated rings. The number of nitrogens with two attached hydrogens (primary N) is 1. The van der Waals surface area contributed by atoms with E-state index in [0.29, 0.717) is 6.42 Å². The Balaban J connectivity index is 2.03. The number of aryl methyl sites for hydroxylation is 1. The molecule has 0 bridgehead atoms. The normalized spacial score (nSPS) is 11.9. The highest BCUT2D eigenvalue weighted by Crippen LogP contribution is 1.92. The maximum Gasteiger partial charge on any atom is 0.139 e. The first kappa shape index (κ1) is 12.4. The summed E-state index contributed by atoms with van der Waals surface area (Å²) in [4.78, 5) is 0. The highest BCUT2D eigenvalue weighted by atomic mass is 16.4.